The zero-order chi connectivity index (χ0) is 25.0. The fraction of sp³-hybridized carbons (Fsp3) is 0.222. The number of nitrogens with one attached hydrogen (secondary N) is 2. The molecule has 7 nitrogen and oxygen atoms in total. The van der Waals surface area contributed by atoms with Crippen molar-refractivity contribution >= 4 is 33.9 Å². The zero-order valence-electron chi connectivity index (χ0n) is 19.3. The molecule has 2 amide bonds. The van der Waals surface area contributed by atoms with Crippen molar-refractivity contribution in [2.45, 2.75) is 31.5 Å². The summed E-state index contributed by atoms with van der Waals surface area (Å²) in [5, 5.41) is 5.38. The number of benzene rings is 3. The van der Waals surface area contributed by atoms with Crippen molar-refractivity contribution in [3.05, 3.63) is 106 Å². The largest absolute Gasteiger partial charge is 0.467 e. The molecule has 0 aromatic heterocycles. The highest BCUT2D eigenvalue weighted by molar-refractivity contribution is 9.10. The van der Waals surface area contributed by atoms with Crippen molar-refractivity contribution in [1.82, 2.24) is 10.6 Å². The number of halogens is 1. The Morgan fingerprint density at radius 1 is 0.771 bits per heavy atom. The van der Waals surface area contributed by atoms with Crippen molar-refractivity contribution in [2.24, 2.45) is 0 Å². The Balaban J connectivity index is 1.72. The zero-order valence-corrected chi connectivity index (χ0v) is 20.9. The molecule has 0 bridgehead atoms. The molecule has 0 saturated heterocycles. The summed E-state index contributed by atoms with van der Waals surface area (Å²) in [5.74, 6) is -1.10. The first-order chi connectivity index (χ1) is 17.0. The number of carbonyl (C=O) groups is 3. The summed E-state index contributed by atoms with van der Waals surface area (Å²) in [6.07, 6.45) is -0.294. The van der Waals surface area contributed by atoms with Crippen molar-refractivity contribution in [2.75, 3.05) is 7.11 Å². The minimum atomic E-state index is -0.966. The number of esters is 1. The van der Waals surface area contributed by atoms with Crippen molar-refractivity contribution in [3.63, 3.8) is 0 Å². The van der Waals surface area contributed by atoms with Gasteiger partial charge in [-0.2, -0.15) is 0 Å². The molecule has 0 aliphatic carbocycles. The molecule has 0 radical (unpaired) electrons. The number of ether oxygens (including phenoxy) is 2. The topological polar surface area (TPSA) is 93.7 Å². The predicted molar refractivity (Wildman–Crippen MR) is 135 cm³/mol. The summed E-state index contributed by atoms with van der Waals surface area (Å²) in [7, 11) is 1.27. The molecule has 0 aliphatic heterocycles. The minimum Gasteiger partial charge on any atom is -0.467 e. The van der Waals surface area contributed by atoms with Crippen molar-refractivity contribution in [3.8, 4) is 0 Å². The lowest BCUT2D eigenvalue weighted by Crippen LogP contribution is -2.53. The maximum absolute atomic E-state index is 13.3. The molecular weight excluding hydrogens is 512 g/mol. The lowest BCUT2D eigenvalue weighted by atomic mass is 10.0. The van der Waals surface area contributed by atoms with E-state index in [1.807, 2.05) is 84.9 Å². The molecule has 182 valence electrons. The van der Waals surface area contributed by atoms with Gasteiger partial charge >= 0.3 is 12.1 Å². The number of hydrogen-bond acceptors (Lipinski definition) is 5. The number of carbonyl (C=O) groups excluding carboxylic acids is 3. The van der Waals surface area contributed by atoms with Crippen LogP contribution in [0.1, 0.15) is 16.7 Å². The Labute approximate surface area is 213 Å². The van der Waals surface area contributed by atoms with E-state index in [2.05, 4.69) is 26.6 Å². The second kappa shape index (κ2) is 13.3. The molecule has 0 heterocycles. The molecule has 8 heteroatoms. The second-order valence-electron chi connectivity index (χ2n) is 7.83. The van der Waals surface area contributed by atoms with E-state index in [1.54, 1.807) is 0 Å². The summed E-state index contributed by atoms with van der Waals surface area (Å²) in [6, 6.07) is 24.0. The summed E-state index contributed by atoms with van der Waals surface area (Å²) < 4.78 is 11.0. The quantitative estimate of drug-likeness (QED) is 0.377. The predicted octanol–water partition coefficient (Wildman–Crippen LogP) is 4.19. The summed E-state index contributed by atoms with van der Waals surface area (Å²) in [6.45, 7) is 0.0686. The van der Waals surface area contributed by atoms with Crippen molar-refractivity contribution in [1.29, 1.82) is 0 Å². The molecule has 3 aromatic carbocycles. The Morgan fingerprint density at radius 2 is 1.37 bits per heavy atom. The van der Waals surface area contributed by atoms with E-state index >= 15 is 0 Å². The minimum absolute atomic E-state index is 0.0686. The number of alkyl carbamates (subject to hydrolysis) is 1. The third kappa shape index (κ3) is 8.26. The van der Waals surface area contributed by atoms with Gasteiger partial charge in [-0.3, -0.25) is 4.79 Å². The smallest absolute Gasteiger partial charge is 0.408 e. The van der Waals surface area contributed by atoms with E-state index in [0.717, 1.165) is 21.2 Å². The van der Waals surface area contributed by atoms with Gasteiger partial charge in [0.05, 0.1) is 7.11 Å². The van der Waals surface area contributed by atoms with E-state index < -0.39 is 30.1 Å². The third-order valence-corrected chi connectivity index (χ3v) is 6.06. The lowest BCUT2D eigenvalue weighted by molar-refractivity contribution is -0.145. The average Bonchev–Trinajstić information content (AvgIpc) is 2.88. The second-order valence-corrected chi connectivity index (χ2v) is 8.68. The van der Waals surface area contributed by atoms with Gasteiger partial charge in [0.2, 0.25) is 5.91 Å². The monoisotopic (exact) mass is 538 g/mol. The van der Waals surface area contributed by atoms with E-state index in [-0.39, 0.29) is 19.4 Å². The molecule has 3 rings (SSSR count). The number of hydrogen-bond donors (Lipinski definition) is 2. The van der Waals surface area contributed by atoms with Gasteiger partial charge < -0.3 is 20.1 Å². The highest BCUT2D eigenvalue weighted by Crippen LogP contribution is 2.18. The first-order valence-corrected chi connectivity index (χ1v) is 11.9. The van der Waals surface area contributed by atoms with Crippen LogP contribution in [-0.2, 0) is 38.5 Å². The van der Waals surface area contributed by atoms with E-state index in [4.69, 9.17) is 9.47 Å². The lowest BCUT2D eigenvalue weighted by Gasteiger charge is -2.22. The van der Waals surface area contributed by atoms with Crippen LogP contribution in [0.5, 0.6) is 0 Å². The highest BCUT2D eigenvalue weighted by atomic mass is 79.9. The van der Waals surface area contributed by atoms with Crippen molar-refractivity contribution < 1.29 is 23.9 Å². The Morgan fingerprint density at radius 3 is 2.00 bits per heavy atom. The standard InChI is InChI=1S/C27H27BrN2O5/c1-34-26(32)24(17-21-14-8-9-15-22(21)28)29-25(31)23(16-19-10-4-2-5-11-19)30-27(33)35-18-20-12-6-3-7-13-20/h2-15,23-24H,16-18H2,1H3,(H,29,31)(H,30,33)/t23-,24+/m1/s1. The number of methoxy groups -OCH3 is 1. The summed E-state index contributed by atoms with van der Waals surface area (Å²) in [5.41, 5.74) is 2.50. The van der Waals surface area contributed by atoms with Gasteiger partial charge in [0.25, 0.3) is 0 Å². The fourth-order valence-corrected chi connectivity index (χ4v) is 3.90. The number of amides is 2. The van der Waals surface area contributed by atoms with Crippen LogP contribution in [0.3, 0.4) is 0 Å². The van der Waals surface area contributed by atoms with Gasteiger partial charge in [0, 0.05) is 17.3 Å². The van der Waals surface area contributed by atoms with Crippen LogP contribution in [0, 0.1) is 0 Å². The maximum atomic E-state index is 13.3. The Kier molecular flexibility index (Phi) is 9.86. The van der Waals surface area contributed by atoms with Gasteiger partial charge in [-0.15, -0.1) is 0 Å². The van der Waals surface area contributed by atoms with Crippen LogP contribution < -0.4 is 10.6 Å². The van der Waals surface area contributed by atoms with Gasteiger partial charge in [-0.05, 0) is 22.8 Å². The van der Waals surface area contributed by atoms with Gasteiger partial charge in [0.15, 0.2) is 0 Å². The SMILES string of the molecule is COC(=O)[C@H](Cc1ccccc1Br)NC(=O)[C@@H](Cc1ccccc1)NC(=O)OCc1ccccc1. The van der Waals surface area contributed by atoms with E-state index in [9.17, 15) is 14.4 Å². The van der Waals surface area contributed by atoms with Gasteiger partial charge in [-0.1, -0.05) is 94.8 Å². The molecule has 0 spiro atoms. The van der Waals surface area contributed by atoms with E-state index in [0.29, 0.717) is 0 Å². The third-order valence-electron chi connectivity index (χ3n) is 5.29. The number of rotatable bonds is 10. The van der Waals surface area contributed by atoms with E-state index in [1.165, 1.54) is 7.11 Å². The molecular formula is C27H27BrN2O5. The maximum Gasteiger partial charge on any atom is 0.408 e. The van der Waals surface area contributed by atoms with Gasteiger partial charge in [0.1, 0.15) is 18.7 Å². The molecule has 0 aliphatic rings. The Bertz CT molecular complexity index is 1120. The van der Waals surface area contributed by atoms with Crippen LogP contribution in [-0.4, -0.2) is 37.2 Å². The molecule has 0 unspecified atom stereocenters. The highest BCUT2D eigenvalue weighted by Gasteiger charge is 2.28. The molecule has 2 N–H and O–H groups in total. The van der Waals surface area contributed by atoms with Crippen LogP contribution in [0.4, 0.5) is 4.79 Å². The fourth-order valence-electron chi connectivity index (χ4n) is 3.46. The normalized spacial score (nSPS) is 12.2. The van der Waals surface area contributed by atoms with Gasteiger partial charge in [-0.25, -0.2) is 9.59 Å². The summed E-state index contributed by atoms with van der Waals surface area (Å²) in [4.78, 5) is 38.2. The molecule has 35 heavy (non-hydrogen) atoms. The van der Waals surface area contributed by atoms with Crippen LogP contribution in [0.15, 0.2) is 89.4 Å². The Hall–Kier alpha value is -3.65. The van der Waals surface area contributed by atoms with Crippen LogP contribution in [0.25, 0.3) is 0 Å². The molecule has 0 fully saturated rings. The van der Waals surface area contributed by atoms with Crippen LogP contribution >= 0.6 is 15.9 Å². The molecule has 3 aromatic rings. The first kappa shape index (κ1) is 26.0. The average molecular weight is 539 g/mol. The summed E-state index contributed by atoms with van der Waals surface area (Å²) >= 11 is 3.47. The molecule has 0 saturated carbocycles. The first-order valence-electron chi connectivity index (χ1n) is 11.1. The van der Waals surface area contributed by atoms with Crippen LogP contribution in [0.2, 0.25) is 0 Å². The molecule has 2 atom stereocenters.